The summed E-state index contributed by atoms with van der Waals surface area (Å²) in [5.41, 5.74) is 0. The second kappa shape index (κ2) is 17.2. The lowest BCUT2D eigenvalue weighted by Crippen LogP contribution is -2.34. The molecule has 0 amide bonds. The maximum Gasteiger partial charge on any atom is 0.259 e. The summed E-state index contributed by atoms with van der Waals surface area (Å²) >= 11 is 0. The number of nitriles is 1. The van der Waals surface area contributed by atoms with Crippen molar-refractivity contribution in [3.05, 3.63) is 11.4 Å². The Kier molecular flexibility index (Phi) is 17.0. The Bertz CT molecular complexity index is 462. The number of hydrogen-bond donors (Lipinski definition) is 0. The van der Waals surface area contributed by atoms with Crippen molar-refractivity contribution in [3.8, 4) is 6.07 Å². The topological polar surface area (TPSA) is 71.5 Å². The Labute approximate surface area is 186 Å². The first-order chi connectivity index (χ1) is 14.2. The van der Waals surface area contributed by atoms with Crippen LogP contribution in [0.1, 0.15) is 61.8 Å². The molecule has 0 aromatic rings. The zero-order valence-corrected chi connectivity index (χ0v) is 21.7. The van der Waals surface area contributed by atoms with Gasteiger partial charge < -0.3 is 22.9 Å². The lowest BCUT2D eigenvalue weighted by atomic mass is 10.3. The van der Waals surface area contributed by atoms with Crippen molar-refractivity contribution >= 4 is 17.1 Å². The van der Waals surface area contributed by atoms with Gasteiger partial charge in [-0.1, -0.05) is 0 Å². The standard InChI is InChI=1S/C20H40N4O4P2/c1-17(2)23(18(3)4)29(25-13-10-11-21)27-15-16-28-30(26-14-12-22-9)24(19(5)6)20(7)8/h17-20H,10,12-16H2,1-8H3. The Morgan fingerprint density at radius 2 is 1.10 bits per heavy atom. The smallest absolute Gasteiger partial charge is 0.259 e. The van der Waals surface area contributed by atoms with Crippen molar-refractivity contribution < 1.29 is 18.1 Å². The van der Waals surface area contributed by atoms with Gasteiger partial charge in [-0.15, -0.1) is 0 Å². The monoisotopic (exact) mass is 462 g/mol. The Morgan fingerprint density at radius 3 is 1.43 bits per heavy atom. The summed E-state index contributed by atoms with van der Waals surface area (Å²) in [6.07, 6.45) is 0.334. The molecule has 0 radical (unpaired) electrons. The minimum absolute atomic E-state index is 0.255. The minimum Gasteiger partial charge on any atom is -0.321 e. The van der Waals surface area contributed by atoms with Crippen molar-refractivity contribution in [1.29, 1.82) is 5.26 Å². The van der Waals surface area contributed by atoms with Crippen LogP contribution in [0.25, 0.3) is 4.85 Å². The summed E-state index contributed by atoms with van der Waals surface area (Å²) in [4.78, 5) is 3.36. The zero-order valence-electron chi connectivity index (χ0n) is 19.9. The molecular weight excluding hydrogens is 422 g/mol. The first-order valence-corrected chi connectivity index (χ1v) is 12.8. The van der Waals surface area contributed by atoms with E-state index in [0.717, 1.165) is 0 Å². The maximum absolute atomic E-state index is 8.81. The lowest BCUT2D eigenvalue weighted by molar-refractivity contribution is 0.133. The molecule has 10 heteroatoms. The summed E-state index contributed by atoms with van der Waals surface area (Å²) in [7, 11) is -2.56. The molecule has 0 bridgehead atoms. The van der Waals surface area contributed by atoms with Gasteiger partial charge in [-0.3, -0.25) is 0 Å². The van der Waals surface area contributed by atoms with Crippen LogP contribution in [0.15, 0.2) is 0 Å². The number of hydrogen-bond acceptors (Lipinski definition) is 7. The van der Waals surface area contributed by atoms with Crippen LogP contribution in [0, 0.1) is 17.9 Å². The molecule has 0 heterocycles. The van der Waals surface area contributed by atoms with Gasteiger partial charge in [0, 0.05) is 24.2 Å². The lowest BCUT2D eigenvalue weighted by Gasteiger charge is -2.36. The van der Waals surface area contributed by atoms with E-state index >= 15 is 0 Å². The normalized spacial score (nSPS) is 14.1. The van der Waals surface area contributed by atoms with E-state index in [-0.39, 0.29) is 24.2 Å². The Hall–Kier alpha value is -0.400. The molecular formula is C20H40N4O4P2. The maximum atomic E-state index is 8.81. The molecule has 0 aliphatic heterocycles. The van der Waals surface area contributed by atoms with Gasteiger partial charge in [0.2, 0.25) is 6.54 Å². The largest absolute Gasteiger partial charge is 0.321 e. The van der Waals surface area contributed by atoms with Crippen LogP contribution in [0.5, 0.6) is 0 Å². The average Bonchev–Trinajstić information content (AvgIpc) is 2.63. The van der Waals surface area contributed by atoms with Gasteiger partial charge in [-0.2, -0.15) is 5.26 Å². The van der Waals surface area contributed by atoms with Crippen molar-refractivity contribution in [3.63, 3.8) is 0 Å². The number of rotatable bonds is 17. The van der Waals surface area contributed by atoms with Gasteiger partial charge in [0.15, 0.2) is 0 Å². The van der Waals surface area contributed by atoms with E-state index in [1.165, 1.54) is 0 Å². The van der Waals surface area contributed by atoms with Crippen molar-refractivity contribution in [1.82, 2.24) is 9.34 Å². The average molecular weight is 463 g/mol. The highest BCUT2D eigenvalue weighted by Crippen LogP contribution is 2.48. The predicted molar refractivity (Wildman–Crippen MR) is 124 cm³/mol. The third-order valence-electron chi connectivity index (χ3n) is 3.80. The summed E-state index contributed by atoms with van der Waals surface area (Å²) < 4.78 is 28.3. The molecule has 30 heavy (non-hydrogen) atoms. The highest BCUT2D eigenvalue weighted by molar-refractivity contribution is 7.45. The summed E-state index contributed by atoms with van der Waals surface area (Å²) in [5, 5.41) is 8.81. The molecule has 8 nitrogen and oxygen atoms in total. The second-order valence-corrected chi connectivity index (χ2v) is 10.6. The summed E-state index contributed by atoms with van der Waals surface area (Å²) in [6.45, 7) is 25.6. The van der Waals surface area contributed by atoms with Crippen molar-refractivity contribution in [2.45, 2.75) is 86.0 Å². The minimum atomic E-state index is -1.28. The first-order valence-electron chi connectivity index (χ1n) is 10.6. The molecule has 0 N–H and O–H groups in total. The predicted octanol–water partition coefficient (Wildman–Crippen LogP) is 5.58. The van der Waals surface area contributed by atoms with Crippen LogP contribution in [0.2, 0.25) is 0 Å². The van der Waals surface area contributed by atoms with E-state index in [1.807, 2.05) is 0 Å². The van der Waals surface area contributed by atoms with Gasteiger partial charge in [0.05, 0.1) is 32.3 Å². The van der Waals surface area contributed by atoms with Crippen LogP contribution in [-0.4, -0.2) is 66.5 Å². The van der Waals surface area contributed by atoms with Crippen molar-refractivity contribution in [2.24, 2.45) is 0 Å². The van der Waals surface area contributed by atoms with E-state index in [2.05, 4.69) is 75.6 Å². The summed E-state index contributed by atoms with van der Waals surface area (Å²) in [6, 6.07) is 3.13. The zero-order chi connectivity index (χ0) is 23.1. The van der Waals surface area contributed by atoms with Gasteiger partial charge in [-0.05, 0) is 55.4 Å². The van der Waals surface area contributed by atoms with E-state index in [9.17, 15) is 0 Å². The van der Waals surface area contributed by atoms with E-state index in [1.54, 1.807) is 0 Å². The van der Waals surface area contributed by atoms with E-state index in [0.29, 0.717) is 39.4 Å². The van der Waals surface area contributed by atoms with Crippen molar-refractivity contribution in [2.75, 3.05) is 33.0 Å². The third-order valence-corrected chi connectivity index (χ3v) is 8.02. The molecule has 0 rings (SSSR count). The van der Waals surface area contributed by atoms with E-state index in [4.69, 9.17) is 29.9 Å². The highest BCUT2D eigenvalue weighted by Gasteiger charge is 2.29. The fourth-order valence-electron chi connectivity index (χ4n) is 2.85. The molecule has 174 valence electrons. The Morgan fingerprint density at radius 1 is 0.733 bits per heavy atom. The Balaban J connectivity index is 4.96. The fourth-order valence-corrected chi connectivity index (χ4v) is 5.99. The molecule has 0 fully saturated rings. The van der Waals surface area contributed by atoms with Crippen LogP contribution in [-0.2, 0) is 18.1 Å². The fraction of sp³-hybridized carbons (Fsp3) is 0.900. The molecule has 2 unspecified atom stereocenters. The second-order valence-electron chi connectivity index (χ2n) is 7.73. The summed E-state index contributed by atoms with van der Waals surface area (Å²) in [5.74, 6) is 0. The molecule has 2 atom stereocenters. The van der Waals surface area contributed by atoms with Gasteiger partial charge in [0.25, 0.3) is 17.1 Å². The number of nitrogens with zero attached hydrogens (tertiary/aromatic N) is 4. The molecule has 0 aromatic heterocycles. The molecule has 0 aromatic carbocycles. The first kappa shape index (κ1) is 29.6. The molecule has 0 aliphatic carbocycles. The van der Waals surface area contributed by atoms with E-state index < -0.39 is 17.1 Å². The quantitative estimate of drug-likeness (QED) is 0.159. The van der Waals surface area contributed by atoms with Crippen LogP contribution in [0.3, 0.4) is 0 Å². The molecule has 0 saturated carbocycles. The molecule has 0 spiro atoms. The van der Waals surface area contributed by atoms with Gasteiger partial charge >= 0.3 is 0 Å². The van der Waals surface area contributed by atoms with Crippen LogP contribution in [0.4, 0.5) is 0 Å². The SMILES string of the molecule is [C-]#[N+]CCOP(OCCOP(OCCC#N)N(C(C)C)C(C)C)N(C(C)C)C(C)C. The molecule has 0 aliphatic rings. The third kappa shape index (κ3) is 11.8. The van der Waals surface area contributed by atoms with Gasteiger partial charge in [0.1, 0.15) is 6.61 Å². The molecule has 0 saturated heterocycles. The van der Waals surface area contributed by atoms with Crippen LogP contribution >= 0.6 is 17.1 Å². The van der Waals surface area contributed by atoms with Crippen LogP contribution < -0.4 is 0 Å². The van der Waals surface area contributed by atoms with Gasteiger partial charge in [-0.25, -0.2) is 15.9 Å². The highest BCUT2D eigenvalue weighted by atomic mass is 31.2.